The molecule has 0 amide bonds. The third-order valence-corrected chi connectivity index (χ3v) is 0.872. The third-order valence-electron chi connectivity index (χ3n) is 0.534. The van der Waals surface area contributed by atoms with Crippen LogP contribution in [0.4, 0.5) is 0 Å². The van der Waals surface area contributed by atoms with Crippen LogP contribution in [0.5, 0.6) is 0 Å². The Morgan fingerprint density at radius 3 is 1.78 bits per heavy atom. The Balaban J connectivity index is 3.18. The van der Waals surface area contributed by atoms with E-state index in [0.29, 0.717) is 24.8 Å². The highest BCUT2D eigenvalue weighted by Gasteiger charge is 1.72. The molecule has 0 saturated heterocycles. The Morgan fingerprint density at radius 1 is 1.00 bits per heavy atom. The summed E-state index contributed by atoms with van der Waals surface area (Å²) < 4.78 is 0. The van der Waals surface area contributed by atoms with Crippen molar-refractivity contribution in [1.29, 1.82) is 0 Å². The first-order valence-corrected chi connectivity index (χ1v) is 3.68. The maximum Gasteiger partial charge on any atom is 0.0893 e. The average Bonchev–Trinajstić information content (AvgIpc) is 1.89. The van der Waals surface area contributed by atoms with Crippen LogP contribution in [0.3, 0.4) is 0 Å². The smallest absolute Gasteiger partial charge is 0.0893 e. The molecular formula is C5H8Cl2N2. The van der Waals surface area contributed by atoms with Crippen LogP contribution in [0, 0.1) is 0 Å². The first-order chi connectivity index (χ1) is 4.41. The Hall–Kier alpha value is -0.0400. The second-order valence-corrected chi connectivity index (χ2v) is 2.00. The summed E-state index contributed by atoms with van der Waals surface area (Å²) in [5.41, 5.74) is 0. The molecule has 0 radical (unpaired) electrons. The molecular weight excluding hydrogens is 159 g/mol. The third kappa shape index (κ3) is 7.96. The topological polar surface area (TPSA) is 24.7 Å². The van der Waals surface area contributed by atoms with Crippen LogP contribution in [0.15, 0.2) is 9.98 Å². The van der Waals surface area contributed by atoms with Crippen molar-refractivity contribution in [2.75, 3.05) is 24.8 Å². The number of hydrogen-bond acceptors (Lipinski definition) is 2. The van der Waals surface area contributed by atoms with Gasteiger partial charge < -0.3 is 0 Å². The Kier molecular flexibility index (Phi) is 7.92. The summed E-state index contributed by atoms with van der Waals surface area (Å²) in [6, 6.07) is 2.47. The van der Waals surface area contributed by atoms with Crippen molar-refractivity contribution in [3.05, 3.63) is 0 Å². The highest BCUT2D eigenvalue weighted by molar-refractivity contribution is 6.18. The van der Waals surface area contributed by atoms with Gasteiger partial charge in [0.05, 0.1) is 19.1 Å². The summed E-state index contributed by atoms with van der Waals surface area (Å²) in [6.45, 7) is 1.15. The van der Waals surface area contributed by atoms with Crippen LogP contribution < -0.4 is 0 Å². The number of hydrogen-bond donors (Lipinski definition) is 0. The molecule has 0 N–H and O–H groups in total. The van der Waals surface area contributed by atoms with Gasteiger partial charge in [0.15, 0.2) is 0 Å². The van der Waals surface area contributed by atoms with Gasteiger partial charge in [0.2, 0.25) is 0 Å². The van der Waals surface area contributed by atoms with E-state index >= 15 is 0 Å². The quantitative estimate of drug-likeness (QED) is 0.449. The molecule has 0 aromatic heterocycles. The normalized spacial score (nSPS) is 8.22. The maximum absolute atomic E-state index is 5.31. The van der Waals surface area contributed by atoms with E-state index in [-0.39, 0.29) is 0 Å². The minimum atomic E-state index is 0.517. The SMILES string of the molecule is ClCCN=C=NCCCl. The summed E-state index contributed by atoms with van der Waals surface area (Å²) in [5, 5.41) is 0. The fourth-order valence-corrected chi connectivity index (χ4v) is 0.404. The first kappa shape index (κ1) is 8.96. The Labute approximate surface area is 64.6 Å². The lowest BCUT2D eigenvalue weighted by Crippen LogP contribution is -1.80. The van der Waals surface area contributed by atoms with E-state index in [1.165, 1.54) is 0 Å². The predicted octanol–water partition coefficient (Wildman–Crippen LogP) is 1.64. The van der Waals surface area contributed by atoms with Crippen LogP contribution in [-0.4, -0.2) is 30.9 Å². The van der Waals surface area contributed by atoms with Gasteiger partial charge in [0.1, 0.15) is 0 Å². The molecule has 9 heavy (non-hydrogen) atoms. The molecule has 0 atom stereocenters. The minimum Gasteiger partial charge on any atom is -0.224 e. The van der Waals surface area contributed by atoms with Gasteiger partial charge in [0.25, 0.3) is 0 Å². The van der Waals surface area contributed by atoms with Gasteiger partial charge >= 0.3 is 0 Å². The van der Waals surface area contributed by atoms with Gasteiger partial charge in [-0.2, -0.15) is 0 Å². The van der Waals surface area contributed by atoms with E-state index in [4.69, 9.17) is 23.2 Å². The highest BCUT2D eigenvalue weighted by atomic mass is 35.5. The summed E-state index contributed by atoms with van der Waals surface area (Å²) >= 11 is 10.6. The summed E-state index contributed by atoms with van der Waals surface area (Å²) in [7, 11) is 0. The molecule has 0 saturated carbocycles. The van der Waals surface area contributed by atoms with Crippen molar-refractivity contribution < 1.29 is 0 Å². The molecule has 0 aromatic rings. The number of rotatable bonds is 4. The van der Waals surface area contributed by atoms with E-state index in [2.05, 4.69) is 16.0 Å². The van der Waals surface area contributed by atoms with Crippen molar-refractivity contribution >= 4 is 29.2 Å². The van der Waals surface area contributed by atoms with Gasteiger partial charge in [-0.1, -0.05) is 0 Å². The van der Waals surface area contributed by atoms with E-state index in [1.807, 2.05) is 0 Å². The lowest BCUT2D eigenvalue weighted by Gasteiger charge is -1.77. The van der Waals surface area contributed by atoms with E-state index in [9.17, 15) is 0 Å². The van der Waals surface area contributed by atoms with Gasteiger partial charge in [-0.3, -0.25) is 0 Å². The van der Waals surface area contributed by atoms with Crippen LogP contribution in [-0.2, 0) is 0 Å². The average molecular weight is 167 g/mol. The second-order valence-electron chi connectivity index (χ2n) is 1.24. The number of aliphatic imine (C=N–C) groups is 2. The maximum atomic E-state index is 5.31. The van der Waals surface area contributed by atoms with Gasteiger partial charge in [-0.15, -0.1) is 23.2 Å². The van der Waals surface area contributed by atoms with Crippen LogP contribution in [0.25, 0.3) is 0 Å². The largest absolute Gasteiger partial charge is 0.224 e. The van der Waals surface area contributed by atoms with Crippen LogP contribution >= 0.6 is 23.2 Å². The van der Waals surface area contributed by atoms with Crippen molar-refractivity contribution in [3.8, 4) is 0 Å². The van der Waals surface area contributed by atoms with Crippen molar-refractivity contribution in [2.45, 2.75) is 0 Å². The zero-order chi connectivity index (χ0) is 6.95. The first-order valence-electron chi connectivity index (χ1n) is 2.61. The zero-order valence-electron chi connectivity index (χ0n) is 4.98. The zero-order valence-corrected chi connectivity index (χ0v) is 6.49. The molecule has 0 fully saturated rings. The standard InChI is InChI=1S/C5H8Cl2N2/c6-1-3-8-5-9-4-2-7/h1-4H2. The molecule has 4 heteroatoms. The molecule has 0 spiro atoms. The predicted molar refractivity (Wildman–Crippen MR) is 41.0 cm³/mol. The minimum absolute atomic E-state index is 0.517. The van der Waals surface area contributed by atoms with E-state index in [1.54, 1.807) is 0 Å². The highest BCUT2D eigenvalue weighted by Crippen LogP contribution is 1.75. The Morgan fingerprint density at radius 2 is 1.44 bits per heavy atom. The molecule has 0 aliphatic rings. The second kappa shape index (κ2) is 7.96. The summed E-state index contributed by atoms with van der Waals surface area (Å²) in [5.74, 6) is 1.03. The van der Waals surface area contributed by atoms with Crippen molar-refractivity contribution in [1.82, 2.24) is 0 Å². The summed E-state index contributed by atoms with van der Waals surface area (Å²) in [6.07, 6.45) is 0. The molecule has 0 heterocycles. The molecule has 0 aromatic carbocycles. The van der Waals surface area contributed by atoms with Crippen molar-refractivity contribution in [2.24, 2.45) is 9.98 Å². The van der Waals surface area contributed by atoms with Crippen LogP contribution in [0.2, 0.25) is 0 Å². The van der Waals surface area contributed by atoms with Crippen molar-refractivity contribution in [3.63, 3.8) is 0 Å². The Bertz CT molecular complexity index is 97.5. The van der Waals surface area contributed by atoms with Crippen LogP contribution in [0.1, 0.15) is 0 Å². The van der Waals surface area contributed by atoms with Gasteiger partial charge in [-0.05, 0) is 0 Å². The lowest BCUT2D eigenvalue weighted by molar-refractivity contribution is 1.11. The number of nitrogens with zero attached hydrogens (tertiary/aromatic N) is 2. The van der Waals surface area contributed by atoms with Gasteiger partial charge in [0, 0.05) is 11.8 Å². The van der Waals surface area contributed by atoms with E-state index in [0.717, 1.165) is 0 Å². The molecule has 0 unspecified atom stereocenters. The monoisotopic (exact) mass is 166 g/mol. The molecule has 0 aliphatic heterocycles. The molecule has 0 aliphatic carbocycles. The fraction of sp³-hybridized carbons (Fsp3) is 0.800. The molecule has 2 nitrogen and oxygen atoms in total. The number of halogens is 2. The van der Waals surface area contributed by atoms with Gasteiger partial charge in [-0.25, -0.2) is 9.98 Å². The molecule has 0 rings (SSSR count). The number of alkyl halides is 2. The lowest BCUT2D eigenvalue weighted by atomic mass is 10.8. The van der Waals surface area contributed by atoms with E-state index < -0.39 is 0 Å². The summed E-state index contributed by atoms with van der Waals surface area (Å²) in [4.78, 5) is 7.44. The molecule has 0 bridgehead atoms. The fourth-order valence-electron chi connectivity index (χ4n) is 0.235. The molecule has 52 valence electrons.